The van der Waals surface area contributed by atoms with Crippen molar-refractivity contribution in [1.29, 1.82) is 0 Å². The molecule has 0 amide bonds. The minimum absolute atomic E-state index is 0.496. The average Bonchev–Trinajstić information content (AvgIpc) is 3.25. The fourth-order valence-electron chi connectivity index (χ4n) is 6.04. The third kappa shape index (κ3) is 5.15. The van der Waals surface area contributed by atoms with Gasteiger partial charge in [-0.3, -0.25) is 4.98 Å². The predicted molar refractivity (Wildman–Crippen MR) is 141 cm³/mol. The molecule has 6 nitrogen and oxygen atoms in total. The van der Waals surface area contributed by atoms with Gasteiger partial charge in [0.1, 0.15) is 5.82 Å². The van der Waals surface area contributed by atoms with Gasteiger partial charge in [0.2, 0.25) is 0 Å². The maximum absolute atomic E-state index is 5.04. The number of likely N-dealkylation sites (tertiary alicyclic amines) is 1. The van der Waals surface area contributed by atoms with Crippen LogP contribution in [0.15, 0.2) is 41.3 Å². The first kappa shape index (κ1) is 23.7. The van der Waals surface area contributed by atoms with E-state index in [4.69, 9.17) is 4.98 Å². The predicted octanol–water partition coefficient (Wildman–Crippen LogP) is 6.28. The van der Waals surface area contributed by atoms with E-state index in [9.17, 15) is 0 Å². The lowest BCUT2D eigenvalue weighted by atomic mass is 9.75. The van der Waals surface area contributed by atoms with Gasteiger partial charge in [-0.1, -0.05) is 32.8 Å². The van der Waals surface area contributed by atoms with Gasteiger partial charge in [-0.25, -0.2) is 4.98 Å². The van der Waals surface area contributed by atoms with Crippen molar-refractivity contribution in [2.24, 2.45) is 11.8 Å². The second kappa shape index (κ2) is 10.7. The van der Waals surface area contributed by atoms with Crippen molar-refractivity contribution >= 4 is 27.4 Å². The highest BCUT2D eigenvalue weighted by Gasteiger charge is 2.33. The Balaban J connectivity index is 1.28. The van der Waals surface area contributed by atoms with Gasteiger partial charge in [-0.15, -0.1) is 0 Å². The number of anilines is 1. The third-order valence-corrected chi connectivity index (χ3v) is 8.66. The van der Waals surface area contributed by atoms with Crippen LogP contribution in [-0.4, -0.2) is 43.6 Å². The molecule has 1 aliphatic heterocycles. The van der Waals surface area contributed by atoms with E-state index in [-0.39, 0.29) is 0 Å². The van der Waals surface area contributed by atoms with Crippen molar-refractivity contribution in [3.63, 3.8) is 0 Å². The molecule has 1 N–H and O–H groups in total. The Kier molecular flexibility index (Phi) is 7.49. The minimum atomic E-state index is 0.496. The summed E-state index contributed by atoms with van der Waals surface area (Å²) >= 11 is 3.65. The fraction of sp³-hybridized carbons (Fsp3) is 0.593. The second-order valence-corrected chi connectivity index (χ2v) is 11.2. The quantitative estimate of drug-likeness (QED) is 0.393. The Labute approximate surface area is 211 Å². The van der Waals surface area contributed by atoms with Crippen LogP contribution in [0.25, 0.3) is 5.65 Å². The zero-order chi connectivity index (χ0) is 23.5. The highest BCUT2D eigenvalue weighted by Crippen LogP contribution is 2.38. The van der Waals surface area contributed by atoms with Gasteiger partial charge in [0, 0.05) is 42.7 Å². The molecule has 1 saturated heterocycles. The Morgan fingerprint density at radius 3 is 2.76 bits per heavy atom. The van der Waals surface area contributed by atoms with Crippen molar-refractivity contribution in [3.8, 4) is 0 Å². The maximum Gasteiger partial charge on any atom is 0.171 e. The van der Waals surface area contributed by atoms with E-state index in [0.29, 0.717) is 12.5 Å². The number of hydrogen-bond donors (Lipinski definition) is 1. The third-order valence-electron chi connectivity index (χ3n) is 8.10. The summed E-state index contributed by atoms with van der Waals surface area (Å²) in [5.41, 5.74) is 3.22. The molecule has 1 aliphatic carbocycles. The summed E-state index contributed by atoms with van der Waals surface area (Å²) in [7, 11) is 0. The van der Waals surface area contributed by atoms with E-state index < -0.39 is 0 Å². The Morgan fingerprint density at radius 2 is 2.00 bits per heavy atom. The molecule has 1 saturated carbocycles. The molecule has 3 aromatic heterocycles. The normalized spacial score (nSPS) is 24.5. The van der Waals surface area contributed by atoms with Crippen LogP contribution in [0.3, 0.4) is 0 Å². The SMILES string of the molecule is CCCC1CC(N2CCC(c3cc(NCc4cccnc4)n4ncc(Br)c4n3)CC2)CCC1C. The summed E-state index contributed by atoms with van der Waals surface area (Å²) in [5, 5.41) is 8.11. The standard InChI is InChI=1S/C27H37BrN6/c1-3-5-22-14-23(8-7-19(22)2)33-12-9-21(10-13-33)25-15-26(30-17-20-6-4-11-29-16-20)34-27(32-25)24(28)18-31-34/h4,6,11,15-16,18-19,21-23,30H,3,5,7-10,12-14,17H2,1-2H3. The molecule has 3 unspecified atom stereocenters. The average molecular weight is 526 g/mol. The van der Waals surface area contributed by atoms with E-state index in [1.807, 2.05) is 23.0 Å². The summed E-state index contributed by atoms with van der Waals surface area (Å²) in [6.07, 6.45) is 14.8. The highest BCUT2D eigenvalue weighted by molar-refractivity contribution is 9.10. The van der Waals surface area contributed by atoms with Gasteiger partial charge < -0.3 is 10.2 Å². The van der Waals surface area contributed by atoms with Crippen LogP contribution >= 0.6 is 15.9 Å². The van der Waals surface area contributed by atoms with Crippen LogP contribution in [0.2, 0.25) is 0 Å². The van der Waals surface area contributed by atoms with Crippen LogP contribution in [0, 0.1) is 11.8 Å². The largest absolute Gasteiger partial charge is 0.366 e. The van der Waals surface area contributed by atoms with E-state index in [2.05, 4.69) is 62.2 Å². The van der Waals surface area contributed by atoms with Crippen molar-refractivity contribution in [1.82, 2.24) is 24.5 Å². The summed E-state index contributed by atoms with van der Waals surface area (Å²) < 4.78 is 2.84. The lowest BCUT2D eigenvalue weighted by molar-refractivity contribution is 0.0774. The van der Waals surface area contributed by atoms with Gasteiger partial charge >= 0.3 is 0 Å². The first-order chi connectivity index (χ1) is 16.6. The maximum atomic E-state index is 5.04. The molecule has 2 fully saturated rings. The molecule has 2 aliphatic rings. The number of aromatic nitrogens is 4. The summed E-state index contributed by atoms with van der Waals surface area (Å²) in [5.74, 6) is 3.30. The molecule has 3 aromatic rings. The van der Waals surface area contributed by atoms with E-state index in [1.165, 1.54) is 63.7 Å². The molecule has 0 radical (unpaired) electrons. The summed E-state index contributed by atoms with van der Waals surface area (Å²) in [4.78, 5) is 12.1. The smallest absolute Gasteiger partial charge is 0.171 e. The first-order valence-electron chi connectivity index (χ1n) is 13.0. The molecule has 34 heavy (non-hydrogen) atoms. The second-order valence-electron chi connectivity index (χ2n) is 10.3. The van der Waals surface area contributed by atoms with Crippen LogP contribution in [0.1, 0.15) is 76.0 Å². The molecular weight excluding hydrogens is 488 g/mol. The number of hydrogen-bond acceptors (Lipinski definition) is 5. The number of pyridine rings is 1. The lowest BCUT2D eigenvalue weighted by Crippen LogP contribution is -2.44. The Morgan fingerprint density at radius 1 is 1.15 bits per heavy atom. The van der Waals surface area contributed by atoms with Gasteiger partial charge in [-0.05, 0) is 84.6 Å². The van der Waals surface area contributed by atoms with Crippen LogP contribution in [-0.2, 0) is 6.54 Å². The van der Waals surface area contributed by atoms with Gasteiger partial charge in [-0.2, -0.15) is 9.61 Å². The molecule has 3 atom stereocenters. The molecule has 0 aromatic carbocycles. The molecule has 4 heterocycles. The van der Waals surface area contributed by atoms with Crippen LogP contribution < -0.4 is 5.32 Å². The number of halogens is 1. The van der Waals surface area contributed by atoms with Crippen molar-refractivity contribution in [2.45, 2.75) is 77.3 Å². The van der Waals surface area contributed by atoms with Gasteiger partial charge in [0.15, 0.2) is 5.65 Å². The van der Waals surface area contributed by atoms with E-state index >= 15 is 0 Å². The number of rotatable bonds is 7. The van der Waals surface area contributed by atoms with Crippen LogP contribution in [0.5, 0.6) is 0 Å². The molecule has 0 bridgehead atoms. The van der Waals surface area contributed by atoms with Crippen molar-refractivity contribution < 1.29 is 0 Å². The molecular formula is C27H37BrN6. The van der Waals surface area contributed by atoms with Crippen molar-refractivity contribution in [3.05, 3.63) is 52.5 Å². The molecule has 0 spiro atoms. The fourth-order valence-corrected chi connectivity index (χ4v) is 6.39. The van der Waals surface area contributed by atoms with Crippen molar-refractivity contribution in [2.75, 3.05) is 18.4 Å². The molecule has 182 valence electrons. The van der Waals surface area contributed by atoms with E-state index in [1.54, 1.807) is 6.20 Å². The zero-order valence-electron chi connectivity index (χ0n) is 20.5. The van der Waals surface area contributed by atoms with Crippen LogP contribution in [0.4, 0.5) is 5.82 Å². The van der Waals surface area contributed by atoms with E-state index in [0.717, 1.165) is 39.4 Å². The monoisotopic (exact) mass is 524 g/mol. The topological polar surface area (TPSA) is 58.4 Å². The van der Waals surface area contributed by atoms with Gasteiger partial charge in [0.25, 0.3) is 0 Å². The van der Waals surface area contributed by atoms with Gasteiger partial charge in [0.05, 0.1) is 10.7 Å². The Hall–Kier alpha value is -1.99. The first-order valence-corrected chi connectivity index (χ1v) is 13.8. The number of piperidine rings is 1. The highest BCUT2D eigenvalue weighted by atomic mass is 79.9. The lowest BCUT2D eigenvalue weighted by Gasteiger charge is -2.43. The molecule has 7 heteroatoms. The Bertz CT molecular complexity index is 1080. The minimum Gasteiger partial charge on any atom is -0.366 e. The molecule has 5 rings (SSSR count). The number of nitrogens with zero attached hydrogens (tertiary/aromatic N) is 5. The zero-order valence-corrected chi connectivity index (χ0v) is 22.0. The number of fused-ring (bicyclic) bond motifs is 1. The summed E-state index contributed by atoms with van der Waals surface area (Å²) in [6.45, 7) is 7.90. The summed E-state index contributed by atoms with van der Waals surface area (Å²) in [6, 6.07) is 7.05. The number of nitrogens with one attached hydrogen (secondary N) is 1.